The van der Waals surface area contributed by atoms with Crippen LogP contribution in [0, 0.1) is 12.8 Å². The molecule has 1 fully saturated rings. The van der Waals surface area contributed by atoms with E-state index < -0.39 is 0 Å². The van der Waals surface area contributed by atoms with Crippen molar-refractivity contribution in [2.75, 3.05) is 25.0 Å². The van der Waals surface area contributed by atoms with Crippen molar-refractivity contribution in [2.45, 2.75) is 19.8 Å². The Morgan fingerprint density at radius 3 is 2.54 bits per heavy atom. The van der Waals surface area contributed by atoms with Crippen LogP contribution in [0.1, 0.15) is 28.2 Å². The van der Waals surface area contributed by atoms with Crippen LogP contribution in [0.3, 0.4) is 0 Å². The van der Waals surface area contributed by atoms with Crippen LogP contribution < -0.4 is 4.90 Å². The number of aryl methyl sites for hydroxylation is 1. The second kappa shape index (κ2) is 7.72. The van der Waals surface area contributed by atoms with Crippen LogP contribution in [0.25, 0.3) is 10.2 Å². The molecule has 4 rings (SSSR count). The summed E-state index contributed by atoms with van der Waals surface area (Å²) in [7, 11) is 1.83. The molecular formula is C22H23N3O2S. The first-order valence-electron chi connectivity index (χ1n) is 9.52. The fraction of sp³-hybridized carbons (Fsp3) is 0.318. The highest BCUT2D eigenvalue weighted by Crippen LogP contribution is 2.28. The van der Waals surface area contributed by atoms with E-state index in [1.807, 2.05) is 67.4 Å². The Morgan fingerprint density at radius 2 is 1.82 bits per heavy atom. The zero-order chi connectivity index (χ0) is 19.7. The van der Waals surface area contributed by atoms with Gasteiger partial charge in [0.25, 0.3) is 5.91 Å². The van der Waals surface area contributed by atoms with Crippen LogP contribution in [0.5, 0.6) is 0 Å². The number of nitrogens with zero attached hydrogens (tertiary/aromatic N) is 3. The van der Waals surface area contributed by atoms with Gasteiger partial charge in [-0.3, -0.25) is 9.59 Å². The smallest absolute Gasteiger partial charge is 0.253 e. The molecule has 3 aromatic rings. The number of piperidine rings is 1. The normalized spacial score (nSPS) is 15.0. The molecule has 1 aliphatic rings. The van der Waals surface area contributed by atoms with Gasteiger partial charge in [0.05, 0.1) is 15.2 Å². The maximum atomic E-state index is 13.0. The number of rotatable bonds is 3. The van der Waals surface area contributed by atoms with Gasteiger partial charge in [0.15, 0.2) is 0 Å². The van der Waals surface area contributed by atoms with E-state index in [0.29, 0.717) is 31.5 Å². The van der Waals surface area contributed by atoms with E-state index in [1.54, 1.807) is 16.2 Å². The van der Waals surface area contributed by atoms with Crippen molar-refractivity contribution in [3.8, 4) is 0 Å². The molecule has 144 valence electrons. The first kappa shape index (κ1) is 18.6. The van der Waals surface area contributed by atoms with Crippen LogP contribution in [0.4, 0.5) is 5.69 Å². The molecular weight excluding hydrogens is 370 g/mol. The second-order valence-electron chi connectivity index (χ2n) is 7.21. The molecule has 1 saturated heterocycles. The van der Waals surface area contributed by atoms with Crippen molar-refractivity contribution in [1.82, 2.24) is 9.88 Å². The number of thiazole rings is 1. The Labute approximate surface area is 168 Å². The molecule has 6 heteroatoms. The number of amides is 2. The molecule has 2 amide bonds. The third-order valence-electron chi connectivity index (χ3n) is 5.35. The maximum Gasteiger partial charge on any atom is 0.253 e. The molecule has 0 radical (unpaired) electrons. The predicted octanol–water partition coefficient (Wildman–Crippen LogP) is 4.12. The Morgan fingerprint density at radius 1 is 1.11 bits per heavy atom. The zero-order valence-electron chi connectivity index (χ0n) is 16.1. The first-order valence-corrected chi connectivity index (χ1v) is 10.3. The van der Waals surface area contributed by atoms with E-state index in [2.05, 4.69) is 4.98 Å². The standard InChI is InChI=1S/C22H23N3O2S/c1-15-23-19-9-8-18(14-20(19)28-15)24(2)21(26)17-10-12-25(13-11-17)22(27)16-6-4-3-5-7-16/h3-9,14,17H,10-13H2,1-2H3. The Bertz CT molecular complexity index is 1010. The topological polar surface area (TPSA) is 53.5 Å². The average molecular weight is 394 g/mol. The second-order valence-corrected chi connectivity index (χ2v) is 8.45. The largest absolute Gasteiger partial charge is 0.339 e. The van der Waals surface area contributed by atoms with E-state index in [1.165, 1.54) is 0 Å². The lowest BCUT2D eigenvalue weighted by Crippen LogP contribution is -2.43. The van der Waals surface area contributed by atoms with Gasteiger partial charge < -0.3 is 9.80 Å². The van der Waals surface area contributed by atoms with Crippen molar-refractivity contribution < 1.29 is 9.59 Å². The van der Waals surface area contributed by atoms with Gasteiger partial charge in [-0.25, -0.2) is 4.98 Å². The van der Waals surface area contributed by atoms with E-state index >= 15 is 0 Å². The van der Waals surface area contributed by atoms with Crippen LogP contribution in [-0.4, -0.2) is 41.8 Å². The highest BCUT2D eigenvalue weighted by atomic mass is 32.1. The molecule has 0 N–H and O–H groups in total. The lowest BCUT2D eigenvalue weighted by molar-refractivity contribution is -0.123. The average Bonchev–Trinajstić information content (AvgIpc) is 3.12. The van der Waals surface area contributed by atoms with Crippen molar-refractivity contribution in [1.29, 1.82) is 0 Å². The number of anilines is 1. The van der Waals surface area contributed by atoms with Gasteiger partial charge in [-0.2, -0.15) is 0 Å². The van der Waals surface area contributed by atoms with Crippen LogP contribution in [0.2, 0.25) is 0 Å². The summed E-state index contributed by atoms with van der Waals surface area (Å²) in [6.45, 7) is 3.22. The number of likely N-dealkylation sites (tertiary alicyclic amines) is 1. The third kappa shape index (κ3) is 3.64. The number of carbonyl (C=O) groups is 2. The molecule has 28 heavy (non-hydrogen) atoms. The first-order chi connectivity index (χ1) is 13.5. The quantitative estimate of drug-likeness (QED) is 0.673. The summed E-state index contributed by atoms with van der Waals surface area (Å²) in [6, 6.07) is 15.3. The molecule has 0 saturated carbocycles. The number of fused-ring (bicyclic) bond motifs is 1. The van der Waals surface area contributed by atoms with Gasteiger partial charge in [0, 0.05) is 37.3 Å². The third-order valence-corrected chi connectivity index (χ3v) is 6.28. The van der Waals surface area contributed by atoms with Gasteiger partial charge in [0.1, 0.15) is 0 Å². The molecule has 0 unspecified atom stereocenters. The SMILES string of the molecule is Cc1nc2ccc(N(C)C(=O)C3CCN(C(=O)c4ccccc4)CC3)cc2s1. The molecule has 1 aliphatic heterocycles. The summed E-state index contributed by atoms with van der Waals surface area (Å²) in [5.41, 5.74) is 2.57. The fourth-order valence-corrected chi connectivity index (χ4v) is 4.59. The number of benzene rings is 2. The molecule has 2 aromatic carbocycles. The monoisotopic (exact) mass is 393 g/mol. The lowest BCUT2D eigenvalue weighted by atomic mass is 9.94. The summed E-state index contributed by atoms with van der Waals surface area (Å²) in [5, 5.41) is 1.02. The van der Waals surface area contributed by atoms with Crippen LogP contribution in [-0.2, 0) is 4.79 Å². The molecule has 1 aromatic heterocycles. The predicted molar refractivity (Wildman–Crippen MR) is 113 cm³/mol. The number of hydrogen-bond donors (Lipinski definition) is 0. The summed E-state index contributed by atoms with van der Waals surface area (Å²) < 4.78 is 1.10. The number of aromatic nitrogens is 1. The maximum absolute atomic E-state index is 13.0. The minimum atomic E-state index is -0.0521. The molecule has 0 atom stereocenters. The van der Waals surface area contributed by atoms with Crippen molar-refractivity contribution in [3.05, 3.63) is 59.1 Å². The highest BCUT2D eigenvalue weighted by molar-refractivity contribution is 7.18. The Hall–Kier alpha value is -2.73. The summed E-state index contributed by atoms with van der Waals surface area (Å²) in [6.07, 6.45) is 1.40. The molecule has 2 heterocycles. The van der Waals surface area contributed by atoms with Crippen LogP contribution in [0.15, 0.2) is 48.5 Å². The zero-order valence-corrected chi connectivity index (χ0v) is 16.9. The van der Waals surface area contributed by atoms with Crippen molar-refractivity contribution >= 4 is 39.1 Å². The van der Waals surface area contributed by atoms with Gasteiger partial charge in [-0.05, 0) is 50.1 Å². The number of carbonyl (C=O) groups excluding carboxylic acids is 2. The Balaban J connectivity index is 1.40. The summed E-state index contributed by atoms with van der Waals surface area (Å²) in [4.78, 5) is 33.7. The van der Waals surface area contributed by atoms with E-state index in [0.717, 1.165) is 20.9 Å². The van der Waals surface area contributed by atoms with E-state index in [-0.39, 0.29) is 17.7 Å². The van der Waals surface area contributed by atoms with E-state index in [4.69, 9.17) is 0 Å². The van der Waals surface area contributed by atoms with Gasteiger partial charge in [0.2, 0.25) is 5.91 Å². The Kier molecular flexibility index (Phi) is 5.13. The highest BCUT2D eigenvalue weighted by Gasteiger charge is 2.30. The minimum Gasteiger partial charge on any atom is -0.339 e. The minimum absolute atomic E-state index is 0.0471. The lowest BCUT2D eigenvalue weighted by Gasteiger charge is -2.33. The summed E-state index contributed by atoms with van der Waals surface area (Å²) >= 11 is 1.64. The van der Waals surface area contributed by atoms with Gasteiger partial charge in [-0.1, -0.05) is 18.2 Å². The fourth-order valence-electron chi connectivity index (χ4n) is 3.73. The molecule has 0 bridgehead atoms. The molecule has 5 nitrogen and oxygen atoms in total. The summed E-state index contributed by atoms with van der Waals surface area (Å²) in [5.74, 6) is 0.113. The molecule has 0 aliphatic carbocycles. The van der Waals surface area contributed by atoms with Crippen molar-refractivity contribution in [2.24, 2.45) is 5.92 Å². The van der Waals surface area contributed by atoms with Crippen LogP contribution >= 0.6 is 11.3 Å². The van der Waals surface area contributed by atoms with Gasteiger partial charge >= 0.3 is 0 Å². The van der Waals surface area contributed by atoms with E-state index in [9.17, 15) is 9.59 Å². The van der Waals surface area contributed by atoms with Gasteiger partial charge in [-0.15, -0.1) is 11.3 Å². The molecule has 0 spiro atoms. The van der Waals surface area contributed by atoms with Crippen molar-refractivity contribution in [3.63, 3.8) is 0 Å². The number of hydrogen-bond acceptors (Lipinski definition) is 4.